The maximum absolute atomic E-state index is 15.1. The van der Waals surface area contributed by atoms with Crippen molar-refractivity contribution < 1.29 is 9.18 Å². The normalized spacial score (nSPS) is 14.1. The lowest BCUT2D eigenvalue weighted by Crippen LogP contribution is -2.26. The number of amides is 1. The van der Waals surface area contributed by atoms with Crippen molar-refractivity contribution in [1.82, 2.24) is 19.9 Å². The fourth-order valence-corrected chi connectivity index (χ4v) is 4.53. The summed E-state index contributed by atoms with van der Waals surface area (Å²) in [4.78, 5) is 27.6. The molecule has 0 bridgehead atoms. The molecule has 1 fully saturated rings. The van der Waals surface area contributed by atoms with Crippen LogP contribution in [0.5, 0.6) is 0 Å². The van der Waals surface area contributed by atoms with Crippen molar-refractivity contribution >= 4 is 28.4 Å². The Morgan fingerprint density at radius 3 is 2.46 bits per heavy atom. The zero-order valence-corrected chi connectivity index (χ0v) is 20.5. The first-order valence-electron chi connectivity index (χ1n) is 12.4. The highest BCUT2D eigenvalue weighted by Gasteiger charge is 2.18. The number of halogens is 1. The van der Waals surface area contributed by atoms with Gasteiger partial charge in [-0.15, -0.1) is 0 Å². The van der Waals surface area contributed by atoms with E-state index >= 15 is 4.39 Å². The number of nitrogens with one attached hydrogen (secondary N) is 2. The van der Waals surface area contributed by atoms with E-state index in [9.17, 15) is 4.79 Å². The van der Waals surface area contributed by atoms with Gasteiger partial charge in [0.1, 0.15) is 5.82 Å². The number of likely N-dealkylation sites (tertiary alicyclic amines) is 1. The lowest BCUT2D eigenvalue weighted by molar-refractivity contribution is 0.100. The van der Waals surface area contributed by atoms with Crippen LogP contribution in [0.2, 0.25) is 0 Å². The second-order valence-electron chi connectivity index (χ2n) is 9.09. The third-order valence-electron chi connectivity index (χ3n) is 6.82. The number of carbonyl (C=O) groups is 1. The maximum atomic E-state index is 15.1. The van der Waals surface area contributed by atoms with Gasteiger partial charge in [-0.2, -0.15) is 0 Å². The third-order valence-corrected chi connectivity index (χ3v) is 6.82. The van der Waals surface area contributed by atoms with Gasteiger partial charge in [0.05, 0.1) is 16.8 Å². The monoisotopic (exact) mass is 479 g/mol. The van der Waals surface area contributed by atoms with Crippen LogP contribution in [0.25, 0.3) is 22.0 Å². The lowest BCUT2D eigenvalue weighted by Gasteiger charge is -2.18. The number of nitrogens with zero attached hydrogens (tertiary/aromatic N) is 4. The molecule has 1 aliphatic rings. The fourth-order valence-electron chi connectivity index (χ4n) is 4.53. The summed E-state index contributed by atoms with van der Waals surface area (Å²) < 4.78 is 15.1. The number of nitrogens with two attached hydrogens (primary N) is 1. The largest absolute Gasteiger partial charge is 0.384 e. The molecule has 8 nitrogen and oxygen atoms in total. The summed E-state index contributed by atoms with van der Waals surface area (Å²) in [6.07, 6.45) is 9.16. The molecular weight excluding hydrogens is 445 g/mol. The van der Waals surface area contributed by atoms with E-state index in [0.717, 1.165) is 39.0 Å². The maximum Gasteiger partial charge on any atom is 0.252 e. The number of hydrogen-bond donors (Lipinski definition) is 3. The molecule has 0 aliphatic carbocycles. The molecule has 3 aromatic rings. The molecule has 4 N–H and O–H groups in total. The number of pyridine rings is 1. The molecule has 0 unspecified atom stereocenters. The highest BCUT2D eigenvalue weighted by Crippen LogP contribution is 2.32. The minimum Gasteiger partial charge on any atom is -0.384 e. The number of hydrogen-bond acceptors (Lipinski definition) is 7. The molecule has 3 heterocycles. The average molecular weight is 480 g/mol. The van der Waals surface area contributed by atoms with E-state index in [1.807, 2.05) is 0 Å². The average Bonchev–Trinajstić information content (AvgIpc) is 3.38. The predicted molar refractivity (Wildman–Crippen MR) is 138 cm³/mol. The smallest absolute Gasteiger partial charge is 0.252 e. The van der Waals surface area contributed by atoms with Crippen LogP contribution in [0.15, 0.2) is 30.7 Å². The van der Waals surface area contributed by atoms with E-state index in [0.29, 0.717) is 46.1 Å². The van der Waals surface area contributed by atoms with E-state index < -0.39 is 11.7 Å². The van der Waals surface area contributed by atoms with Gasteiger partial charge in [0.2, 0.25) is 5.95 Å². The van der Waals surface area contributed by atoms with Crippen molar-refractivity contribution in [3.05, 3.63) is 42.1 Å². The van der Waals surface area contributed by atoms with Gasteiger partial charge in [0.25, 0.3) is 5.91 Å². The van der Waals surface area contributed by atoms with Crippen molar-refractivity contribution in [2.24, 2.45) is 11.7 Å². The summed E-state index contributed by atoms with van der Waals surface area (Å²) in [5.41, 5.74) is 7.83. The van der Waals surface area contributed by atoms with Crippen LogP contribution in [-0.4, -0.2) is 58.5 Å². The Morgan fingerprint density at radius 2 is 1.80 bits per heavy atom. The number of aromatic nitrogens is 3. The first-order valence-corrected chi connectivity index (χ1v) is 12.4. The molecular formula is C26H34FN7O. The summed E-state index contributed by atoms with van der Waals surface area (Å²) in [6.45, 7) is 8.94. The van der Waals surface area contributed by atoms with Crippen LogP contribution >= 0.6 is 0 Å². The number of fused-ring (bicyclic) bond motifs is 1. The predicted octanol–water partition coefficient (Wildman–Crippen LogP) is 4.29. The Bertz CT molecular complexity index is 1160. The van der Waals surface area contributed by atoms with Gasteiger partial charge in [-0.1, -0.05) is 26.7 Å². The Labute approximate surface area is 205 Å². The molecule has 1 aliphatic heterocycles. The van der Waals surface area contributed by atoms with E-state index in [4.69, 9.17) is 5.73 Å². The van der Waals surface area contributed by atoms with Crippen molar-refractivity contribution in [2.45, 2.75) is 39.5 Å². The summed E-state index contributed by atoms with van der Waals surface area (Å²) in [5, 5.41) is 7.25. The molecule has 0 saturated carbocycles. The molecule has 4 rings (SSSR count). The van der Waals surface area contributed by atoms with Crippen LogP contribution in [0.1, 0.15) is 49.9 Å². The first kappa shape index (κ1) is 24.8. The van der Waals surface area contributed by atoms with Crippen molar-refractivity contribution in [2.75, 3.05) is 43.4 Å². The van der Waals surface area contributed by atoms with Gasteiger partial charge in [-0.3, -0.25) is 9.78 Å². The number of primary amides is 1. The van der Waals surface area contributed by atoms with Gasteiger partial charge >= 0.3 is 0 Å². The van der Waals surface area contributed by atoms with E-state index in [2.05, 4.69) is 44.3 Å². The second kappa shape index (κ2) is 11.4. The van der Waals surface area contributed by atoms with Crippen LogP contribution < -0.4 is 16.4 Å². The molecule has 35 heavy (non-hydrogen) atoms. The third kappa shape index (κ3) is 5.85. The van der Waals surface area contributed by atoms with Crippen molar-refractivity contribution in [3.8, 4) is 11.1 Å². The van der Waals surface area contributed by atoms with E-state index in [-0.39, 0.29) is 5.56 Å². The number of benzene rings is 1. The molecule has 9 heteroatoms. The zero-order valence-electron chi connectivity index (χ0n) is 20.5. The first-order chi connectivity index (χ1) is 17.0. The minimum atomic E-state index is -0.579. The van der Waals surface area contributed by atoms with E-state index in [1.54, 1.807) is 18.5 Å². The molecule has 1 saturated heterocycles. The summed E-state index contributed by atoms with van der Waals surface area (Å²) in [5.74, 6) is -0.0525. The van der Waals surface area contributed by atoms with E-state index in [1.165, 1.54) is 25.1 Å². The Morgan fingerprint density at radius 1 is 1.09 bits per heavy atom. The van der Waals surface area contributed by atoms with Crippen molar-refractivity contribution in [3.63, 3.8) is 0 Å². The van der Waals surface area contributed by atoms with Gasteiger partial charge in [0.15, 0.2) is 0 Å². The van der Waals surface area contributed by atoms with Gasteiger partial charge in [-0.25, -0.2) is 14.4 Å². The molecule has 1 aromatic carbocycles. The highest BCUT2D eigenvalue weighted by molar-refractivity contribution is 6.07. The SMILES string of the molecule is CCC(CC)CNc1c(C(N)=O)cnc2cc(F)c(-c3cnc(NCCN4CCCC4)nc3)cc12. The molecule has 1 amide bonds. The summed E-state index contributed by atoms with van der Waals surface area (Å²) in [6, 6.07) is 3.07. The standard InChI is InChI=1S/C26H34FN7O/c1-3-17(4-2)13-31-24-20-11-19(22(27)12-23(20)30-16-21(24)25(28)35)18-14-32-26(33-15-18)29-7-10-34-8-5-6-9-34/h11-12,14-17H,3-10,13H2,1-2H3,(H2,28,35)(H,30,31)(H,29,32,33). The van der Waals surface area contributed by atoms with Gasteiger partial charge < -0.3 is 21.3 Å². The number of rotatable bonds is 11. The van der Waals surface area contributed by atoms with Gasteiger partial charge in [0, 0.05) is 60.8 Å². The topological polar surface area (TPSA) is 109 Å². The summed E-state index contributed by atoms with van der Waals surface area (Å²) in [7, 11) is 0. The van der Waals surface area contributed by atoms with Crippen molar-refractivity contribution in [1.29, 1.82) is 0 Å². The summed E-state index contributed by atoms with van der Waals surface area (Å²) >= 11 is 0. The Hall–Kier alpha value is -3.33. The number of carbonyl (C=O) groups excluding carboxylic acids is 1. The molecule has 186 valence electrons. The van der Waals surface area contributed by atoms with Gasteiger partial charge in [-0.05, 0) is 37.9 Å². The zero-order chi connectivity index (χ0) is 24.8. The lowest BCUT2D eigenvalue weighted by atomic mass is 10.0. The van der Waals surface area contributed by atoms with Crippen LogP contribution in [0, 0.1) is 11.7 Å². The molecule has 0 atom stereocenters. The van der Waals surface area contributed by atoms with Crippen LogP contribution in [-0.2, 0) is 0 Å². The van der Waals surface area contributed by atoms with Crippen LogP contribution in [0.4, 0.5) is 16.0 Å². The van der Waals surface area contributed by atoms with Crippen LogP contribution in [0.3, 0.4) is 0 Å². The molecule has 2 aromatic heterocycles. The fraction of sp³-hybridized carbons (Fsp3) is 0.462. The Kier molecular flexibility index (Phi) is 8.07. The molecule has 0 radical (unpaired) electrons. The number of anilines is 2. The minimum absolute atomic E-state index is 0.287. The quantitative estimate of drug-likeness (QED) is 0.376. The molecule has 0 spiro atoms. The Balaban J connectivity index is 1.60. The second-order valence-corrected chi connectivity index (χ2v) is 9.09. The highest BCUT2D eigenvalue weighted by atomic mass is 19.1.